The van der Waals surface area contributed by atoms with Crippen LogP contribution in [-0.4, -0.2) is 54.1 Å². The summed E-state index contributed by atoms with van der Waals surface area (Å²) in [5.41, 5.74) is 7.17. The lowest BCUT2D eigenvalue weighted by Gasteiger charge is -2.36. The van der Waals surface area contributed by atoms with Gasteiger partial charge in [0, 0.05) is 31.9 Å². The Kier molecular flexibility index (Phi) is 7.01. The van der Waals surface area contributed by atoms with Gasteiger partial charge in [-0.25, -0.2) is 0 Å². The number of rotatable bonds is 6. The number of benzene rings is 1. The molecule has 3 aliphatic rings. The molecule has 1 fully saturated rings. The van der Waals surface area contributed by atoms with Gasteiger partial charge >= 0.3 is 0 Å². The molecule has 2 atom stereocenters. The van der Waals surface area contributed by atoms with Gasteiger partial charge in [0.15, 0.2) is 0 Å². The average Bonchev–Trinajstić information content (AvgIpc) is 2.84. The van der Waals surface area contributed by atoms with E-state index in [0.29, 0.717) is 12.1 Å². The van der Waals surface area contributed by atoms with Gasteiger partial charge in [0.05, 0.1) is 11.7 Å². The summed E-state index contributed by atoms with van der Waals surface area (Å²) in [6.07, 6.45) is 15.6. The van der Waals surface area contributed by atoms with Crippen LogP contribution in [0.3, 0.4) is 0 Å². The Balaban J connectivity index is 1.24. The lowest BCUT2D eigenvalue weighted by atomic mass is 9.89. The Hall–Kier alpha value is -2.01. The van der Waals surface area contributed by atoms with Crippen LogP contribution in [0.1, 0.15) is 66.1 Å². The Morgan fingerprint density at radius 2 is 1.97 bits per heavy atom. The molecule has 1 aromatic heterocycles. The van der Waals surface area contributed by atoms with Crippen molar-refractivity contribution in [2.24, 2.45) is 0 Å². The van der Waals surface area contributed by atoms with Gasteiger partial charge in [0.1, 0.15) is 0 Å². The number of piperidine rings is 1. The number of fused-ring (bicyclic) bond motifs is 2. The first-order chi connectivity index (χ1) is 15.8. The van der Waals surface area contributed by atoms with Crippen LogP contribution in [0.25, 0.3) is 6.08 Å². The van der Waals surface area contributed by atoms with Crippen molar-refractivity contribution in [1.29, 1.82) is 0 Å². The Morgan fingerprint density at radius 3 is 2.88 bits per heavy atom. The smallest absolute Gasteiger partial charge is 0.0607 e. The highest BCUT2D eigenvalue weighted by atomic mass is 15.2. The number of likely N-dealkylation sites (tertiary alicyclic amines) is 1. The molecule has 0 unspecified atom stereocenters. The molecular weight excluding hydrogens is 392 g/mol. The minimum absolute atomic E-state index is 0.447. The Morgan fingerprint density at radius 1 is 1.09 bits per heavy atom. The maximum absolute atomic E-state index is 4.76. The van der Waals surface area contributed by atoms with Gasteiger partial charge in [0.25, 0.3) is 0 Å². The summed E-state index contributed by atoms with van der Waals surface area (Å²) in [6.45, 7) is 5.64. The maximum atomic E-state index is 4.76. The zero-order valence-electron chi connectivity index (χ0n) is 19.6. The standard InChI is InChI=1S/C28H38N4/c1-31(27-14-6-10-23-12-7-15-29-28(23)27)21-25-19-26-22(9-5-11-24(26)20-30-25)13-8-18-32-16-3-2-4-17-32/h5,7-9,11-13,15,25,27,30H,2-4,6,10,14,16-21H2,1H3/b13-8+/t25-,27+/m1/s1. The number of pyridine rings is 1. The van der Waals surface area contributed by atoms with Gasteiger partial charge in [-0.2, -0.15) is 0 Å². The molecule has 32 heavy (non-hydrogen) atoms. The molecule has 4 heteroatoms. The molecule has 3 heterocycles. The molecule has 170 valence electrons. The largest absolute Gasteiger partial charge is 0.308 e. The van der Waals surface area contributed by atoms with Crippen molar-refractivity contribution < 1.29 is 0 Å². The van der Waals surface area contributed by atoms with E-state index in [2.05, 4.69) is 64.6 Å². The fraction of sp³-hybridized carbons (Fsp3) is 0.536. The van der Waals surface area contributed by atoms with Gasteiger partial charge in [0.2, 0.25) is 0 Å². The molecule has 0 amide bonds. The van der Waals surface area contributed by atoms with Crippen LogP contribution in [0.4, 0.5) is 0 Å². The summed E-state index contributed by atoms with van der Waals surface area (Å²) >= 11 is 0. The van der Waals surface area contributed by atoms with Crippen molar-refractivity contribution in [2.75, 3.05) is 33.2 Å². The first-order valence-corrected chi connectivity index (χ1v) is 12.6. The van der Waals surface area contributed by atoms with Crippen LogP contribution in [-0.2, 0) is 19.4 Å². The Bertz CT molecular complexity index is 931. The van der Waals surface area contributed by atoms with Gasteiger partial charge in [-0.15, -0.1) is 0 Å². The van der Waals surface area contributed by atoms with Gasteiger partial charge in [-0.1, -0.05) is 42.8 Å². The van der Waals surface area contributed by atoms with E-state index in [9.17, 15) is 0 Å². The van der Waals surface area contributed by atoms with E-state index < -0.39 is 0 Å². The van der Waals surface area contributed by atoms with Gasteiger partial charge in [-0.3, -0.25) is 14.8 Å². The molecule has 0 spiro atoms. The van der Waals surface area contributed by atoms with Crippen LogP contribution in [0, 0.1) is 0 Å². The van der Waals surface area contributed by atoms with E-state index in [0.717, 1.165) is 26.1 Å². The highest BCUT2D eigenvalue weighted by molar-refractivity contribution is 5.57. The third kappa shape index (κ3) is 4.98. The maximum Gasteiger partial charge on any atom is 0.0607 e. The van der Waals surface area contributed by atoms with E-state index in [4.69, 9.17) is 4.98 Å². The molecule has 2 aliphatic heterocycles. The third-order valence-corrected chi connectivity index (χ3v) is 7.66. The SMILES string of the molecule is CN(C[C@H]1Cc2c(/C=C/CN3CCCCC3)cccc2CN1)[C@H]1CCCc2cccnc21. The van der Waals surface area contributed by atoms with E-state index in [1.54, 1.807) is 5.56 Å². The van der Waals surface area contributed by atoms with Crippen molar-refractivity contribution in [3.8, 4) is 0 Å². The first kappa shape index (κ1) is 21.8. The van der Waals surface area contributed by atoms with Crippen LogP contribution < -0.4 is 5.32 Å². The van der Waals surface area contributed by atoms with E-state index >= 15 is 0 Å². The van der Waals surface area contributed by atoms with Gasteiger partial charge < -0.3 is 5.32 Å². The number of hydrogen-bond acceptors (Lipinski definition) is 4. The molecule has 2 aromatic rings. The van der Waals surface area contributed by atoms with Crippen molar-refractivity contribution >= 4 is 6.08 Å². The predicted molar refractivity (Wildman–Crippen MR) is 133 cm³/mol. The summed E-state index contributed by atoms with van der Waals surface area (Å²) in [7, 11) is 2.29. The lowest BCUT2D eigenvalue weighted by molar-refractivity contribution is 0.191. The van der Waals surface area contributed by atoms with Crippen LogP contribution in [0.2, 0.25) is 0 Å². The predicted octanol–water partition coefficient (Wildman–Crippen LogP) is 4.60. The number of nitrogens with one attached hydrogen (secondary N) is 1. The van der Waals surface area contributed by atoms with Crippen LogP contribution in [0.5, 0.6) is 0 Å². The zero-order chi connectivity index (χ0) is 21.8. The monoisotopic (exact) mass is 430 g/mol. The molecule has 0 saturated carbocycles. The van der Waals surface area contributed by atoms with E-state index in [1.165, 1.54) is 74.0 Å². The number of hydrogen-bond donors (Lipinski definition) is 1. The summed E-state index contributed by atoms with van der Waals surface area (Å²) < 4.78 is 0. The second kappa shape index (κ2) is 10.3. The fourth-order valence-corrected chi connectivity index (χ4v) is 5.89. The Labute approximate surface area is 193 Å². The number of nitrogens with zero attached hydrogens (tertiary/aromatic N) is 3. The van der Waals surface area contributed by atoms with Crippen molar-refractivity contribution in [1.82, 2.24) is 20.1 Å². The van der Waals surface area contributed by atoms with Crippen molar-refractivity contribution in [3.63, 3.8) is 0 Å². The van der Waals surface area contributed by atoms with E-state index in [1.807, 2.05) is 6.20 Å². The fourth-order valence-electron chi connectivity index (χ4n) is 5.89. The minimum atomic E-state index is 0.447. The normalized spacial score (nSPS) is 23.9. The summed E-state index contributed by atoms with van der Waals surface area (Å²) in [4.78, 5) is 9.89. The van der Waals surface area contributed by atoms with Crippen molar-refractivity contribution in [2.45, 2.75) is 63.6 Å². The third-order valence-electron chi connectivity index (χ3n) is 7.66. The summed E-state index contributed by atoms with van der Waals surface area (Å²) in [6, 6.07) is 12.1. The molecular formula is C28H38N4. The second-order valence-electron chi connectivity index (χ2n) is 9.93. The molecule has 4 nitrogen and oxygen atoms in total. The number of aromatic nitrogens is 1. The van der Waals surface area contributed by atoms with Crippen molar-refractivity contribution in [3.05, 3.63) is 70.6 Å². The molecule has 1 N–H and O–H groups in total. The topological polar surface area (TPSA) is 31.4 Å². The summed E-state index contributed by atoms with van der Waals surface area (Å²) in [5.74, 6) is 0. The van der Waals surface area contributed by atoms with E-state index in [-0.39, 0.29) is 0 Å². The molecule has 1 aliphatic carbocycles. The molecule has 0 radical (unpaired) electrons. The second-order valence-corrected chi connectivity index (χ2v) is 9.93. The molecule has 1 saturated heterocycles. The van der Waals surface area contributed by atoms with Gasteiger partial charge in [-0.05, 0) is 87.0 Å². The number of aryl methyl sites for hydroxylation is 1. The quantitative estimate of drug-likeness (QED) is 0.726. The van der Waals surface area contributed by atoms with Crippen LogP contribution in [0.15, 0.2) is 42.6 Å². The molecule has 0 bridgehead atoms. The molecule has 1 aromatic carbocycles. The number of likely N-dealkylation sites (N-methyl/N-ethyl adjacent to an activating group) is 1. The average molecular weight is 431 g/mol. The first-order valence-electron chi connectivity index (χ1n) is 12.6. The lowest BCUT2D eigenvalue weighted by Crippen LogP contribution is -2.45. The summed E-state index contributed by atoms with van der Waals surface area (Å²) in [5, 5.41) is 3.81. The highest BCUT2D eigenvalue weighted by Gasteiger charge is 2.28. The zero-order valence-corrected chi connectivity index (χ0v) is 19.6. The molecule has 5 rings (SSSR count). The minimum Gasteiger partial charge on any atom is -0.308 e. The van der Waals surface area contributed by atoms with Crippen LogP contribution >= 0.6 is 0 Å². The highest BCUT2D eigenvalue weighted by Crippen LogP contribution is 2.32.